The van der Waals surface area contributed by atoms with E-state index in [0.29, 0.717) is 44.3 Å². The van der Waals surface area contributed by atoms with Gasteiger partial charge in [-0.15, -0.1) is 0 Å². The van der Waals surface area contributed by atoms with Crippen molar-refractivity contribution in [1.82, 2.24) is 10.7 Å². The Morgan fingerprint density at radius 2 is 1.71 bits per heavy atom. The van der Waals surface area contributed by atoms with Gasteiger partial charge >= 0.3 is 0 Å². The first-order valence-corrected chi connectivity index (χ1v) is 13.0. The van der Waals surface area contributed by atoms with Gasteiger partial charge in [0.2, 0.25) is 0 Å². The summed E-state index contributed by atoms with van der Waals surface area (Å²) in [6.07, 6.45) is 1.48. The molecule has 0 aromatic heterocycles. The zero-order valence-corrected chi connectivity index (χ0v) is 23.4. The number of carbonyl (C=O) groups is 2. The summed E-state index contributed by atoms with van der Waals surface area (Å²) in [5.41, 5.74) is 4.32. The van der Waals surface area contributed by atoms with Gasteiger partial charge in [-0.2, -0.15) is 5.10 Å². The second-order valence-electron chi connectivity index (χ2n) is 8.60. The molecule has 0 bridgehead atoms. The van der Waals surface area contributed by atoms with Crippen molar-refractivity contribution in [2.75, 3.05) is 6.61 Å². The first-order chi connectivity index (χ1) is 18.2. The van der Waals surface area contributed by atoms with E-state index < -0.39 is 17.9 Å². The first-order valence-electron chi connectivity index (χ1n) is 11.9. The Morgan fingerprint density at radius 3 is 2.39 bits per heavy atom. The number of amides is 2. The number of halogens is 3. The fraction of sp³-hybridized carbons (Fsp3) is 0.250. The molecule has 1 atom stereocenters. The van der Waals surface area contributed by atoms with Crippen LogP contribution in [0.2, 0.25) is 15.1 Å². The highest BCUT2D eigenvalue weighted by Crippen LogP contribution is 2.30. The summed E-state index contributed by atoms with van der Waals surface area (Å²) in [6, 6.07) is 16.2. The summed E-state index contributed by atoms with van der Waals surface area (Å²) < 4.78 is 11.6. The summed E-state index contributed by atoms with van der Waals surface area (Å²) in [5, 5.41) is 8.30. The minimum Gasteiger partial charge on any atom is -0.490 e. The van der Waals surface area contributed by atoms with E-state index in [1.807, 2.05) is 20.8 Å². The third kappa shape index (κ3) is 8.38. The van der Waals surface area contributed by atoms with Crippen LogP contribution in [0.4, 0.5) is 0 Å². The lowest BCUT2D eigenvalue weighted by Gasteiger charge is -2.20. The van der Waals surface area contributed by atoms with Crippen LogP contribution in [0.25, 0.3) is 0 Å². The summed E-state index contributed by atoms with van der Waals surface area (Å²) in [4.78, 5) is 25.4. The van der Waals surface area contributed by atoms with Crippen molar-refractivity contribution in [3.8, 4) is 11.5 Å². The second kappa shape index (κ2) is 14.0. The summed E-state index contributed by atoms with van der Waals surface area (Å²) in [6.45, 7) is 6.19. The van der Waals surface area contributed by atoms with Crippen molar-refractivity contribution < 1.29 is 19.1 Å². The molecule has 38 heavy (non-hydrogen) atoms. The summed E-state index contributed by atoms with van der Waals surface area (Å²) in [5.74, 6) is 0.0199. The fourth-order valence-corrected chi connectivity index (χ4v) is 4.07. The predicted octanol–water partition coefficient (Wildman–Crippen LogP) is 6.53. The van der Waals surface area contributed by atoms with Crippen LogP contribution in [-0.2, 0) is 11.4 Å². The highest BCUT2D eigenvalue weighted by atomic mass is 35.5. The number of ether oxygens (including phenoxy) is 2. The van der Waals surface area contributed by atoms with Crippen LogP contribution in [0.5, 0.6) is 11.5 Å². The van der Waals surface area contributed by atoms with Crippen molar-refractivity contribution in [3.63, 3.8) is 0 Å². The van der Waals surface area contributed by atoms with E-state index in [1.54, 1.807) is 54.6 Å². The van der Waals surface area contributed by atoms with Gasteiger partial charge in [0.05, 0.1) is 12.8 Å². The molecule has 2 amide bonds. The van der Waals surface area contributed by atoms with Crippen LogP contribution in [0, 0.1) is 5.92 Å². The van der Waals surface area contributed by atoms with E-state index in [9.17, 15) is 9.59 Å². The molecule has 0 aliphatic heterocycles. The molecule has 2 N–H and O–H groups in total. The van der Waals surface area contributed by atoms with Crippen molar-refractivity contribution in [2.24, 2.45) is 11.0 Å². The summed E-state index contributed by atoms with van der Waals surface area (Å²) >= 11 is 18.2. The second-order valence-corrected chi connectivity index (χ2v) is 9.88. The average molecular weight is 577 g/mol. The monoisotopic (exact) mass is 575 g/mol. The van der Waals surface area contributed by atoms with Crippen molar-refractivity contribution in [1.29, 1.82) is 0 Å². The van der Waals surface area contributed by atoms with Gasteiger partial charge < -0.3 is 14.8 Å². The Hall–Kier alpha value is -3.26. The maximum atomic E-state index is 12.8. The standard InChI is InChI=1S/C28H28Cl3N3O4/c1-4-37-25-12-18(8-11-24(25)38-16-20-9-10-22(30)14-23(20)31)15-32-34-28(36)26(17(2)3)33-27(35)19-6-5-7-21(29)13-19/h5-15,17,26H,4,16H2,1-3H3,(H,33,35)(H,34,36). The van der Waals surface area contributed by atoms with Crippen LogP contribution in [0.1, 0.15) is 42.3 Å². The molecule has 0 aliphatic carbocycles. The molecule has 200 valence electrons. The van der Waals surface area contributed by atoms with Gasteiger partial charge in [0.15, 0.2) is 11.5 Å². The zero-order valence-electron chi connectivity index (χ0n) is 21.1. The lowest BCUT2D eigenvalue weighted by atomic mass is 10.0. The lowest BCUT2D eigenvalue weighted by Crippen LogP contribution is -2.48. The normalized spacial score (nSPS) is 11.9. The highest BCUT2D eigenvalue weighted by molar-refractivity contribution is 6.35. The molecule has 0 fully saturated rings. The topological polar surface area (TPSA) is 89.0 Å². The Kier molecular flexibility index (Phi) is 10.8. The largest absolute Gasteiger partial charge is 0.490 e. The summed E-state index contributed by atoms with van der Waals surface area (Å²) in [7, 11) is 0. The number of hydrogen-bond donors (Lipinski definition) is 2. The van der Waals surface area contributed by atoms with Crippen molar-refractivity contribution in [3.05, 3.63) is 92.4 Å². The molecule has 3 rings (SSSR count). The molecule has 0 radical (unpaired) electrons. The van der Waals surface area contributed by atoms with E-state index in [2.05, 4.69) is 15.8 Å². The minimum atomic E-state index is -0.798. The quantitative estimate of drug-likeness (QED) is 0.201. The highest BCUT2D eigenvalue weighted by Gasteiger charge is 2.24. The Balaban J connectivity index is 1.65. The third-order valence-corrected chi connectivity index (χ3v) is 6.20. The molecule has 3 aromatic carbocycles. The lowest BCUT2D eigenvalue weighted by molar-refractivity contribution is -0.123. The smallest absolute Gasteiger partial charge is 0.262 e. The molecule has 0 spiro atoms. The van der Waals surface area contributed by atoms with Gasteiger partial charge in [-0.3, -0.25) is 9.59 Å². The molecule has 0 aliphatic rings. The first kappa shape index (κ1) is 29.3. The Labute approximate surface area is 237 Å². The maximum absolute atomic E-state index is 12.8. The van der Waals surface area contributed by atoms with Gasteiger partial charge in [-0.05, 0) is 66.9 Å². The Morgan fingerprint density at radius 1 is 0.947 bits per heavy atom. The number of rotatable bonds is 11. The fourth-order valence-electron chi connectivity index (χ4n) is 3.42. The number of hydrazone groups is 1. The van der Waals surface area contributed by atoms with Crippen LogP contribution in [0.15, 0.2) is 65.8 Å². The number of nitrogens with zero attached hydrogens (tertiary/aromatic N) is 1. The number of hydrogen-bond acceptors (Lipinski definition) is 5. The number of carbonyl (C=O) groups excluding carboxylic acids is 2. The maximum Gasteiger partial charge on any atom is 0.262 e. The molecule has 3 aromatic rings. The molecule has 1 unspecified atom stereocenters. The van der Waals surface area contributed by atoms with E-state index >= 15 is 0 Å². The van der Waals surface area contributed by atoms with Crippen LogP contribution < -0.4 is 20.2 Å². The zero-order chi connectivity index (χ0) is 27.7. The number of nitrogens with one attached hydrogen (secondary N) is 2. The SMILES string of the molecule is CCOc1cc(C=NNC(=O)C(NC(=O)c2cccc(Cl)c2)C(C)C)ccc1OCc1ccc(Cl)cc1Cl. The third-order valence-electron chi connectivity index (χ3n) is 5.38. The van der Waals surface area contributed by atoms with E-state index in [0.717, 1.165) is 5.56 Å². The van der Waals surface area contributed by atoms with Gasteiger partial charge in [-0.25, -0.2) is 5.43 Å². The van der Waals surface area contributed by atoms with Crippen molar-refractivity contribution in [2.45, 2.75) is 33.4 Å². The van der Waals surface area contributed by atoms with Crippen LogP contribution >= 0.6 is 34.8 Å². The van der Waals surface area contributed by atoms with Gasteiger partial charge in [0, 0.05) is 26.2 Å². The van der Waals surface area contributed by atoms with Crippen LogP contribution in [0.3, 0.4) is 0 Å². The molecule has 7 nitrogen and oxygen atoms in total. The average Bonchev–Trinajstić information content (AvgIpc) is 2.87. The van der Waals surface area contributed by atoms with E-state index in [4.69, 9.17) is 44.3 Å². The van der Waals surface area contributed by atoms with Crippen molar-refractivity contribution >= 4 is 52.8 Å². The van der Waals surface area contributed by atoms with Gasteiger partial charge in [-0.1, -0.05) is 60.8 Å². The molecular formula is C28H28Cl3N3O4. The van der Waals surface area contributed by atoms with Gasteiger partial charge in [0.1, 0.15) is 12.6 Å². The predicted molar refractivity (Wildman–Crippen MR) is 152 cm³/mol. The number of benzene rings is 3. The Bertz CT molecular complexity index is 1310. The van der Waals surface area contributed by atoms with Gasteiger partial charge in [0.25, 0.3) is 11.8 Å². The van der Waals surface area contributed by atoms with E-state index in [1.165, 1.54) is 12.3 Å². The van der Waals surface area contributed by atoms with E-state index in [-0.39, 0.29) is 12.5 Å². The minimum absolute atomic E-state index is 0.177. The molecule has 0 saturated heterocycles. The molecular weight excluding hydrogens is 549 g/mol. The molecule has 0 heterocycles. The van der Waals surface area contributed by atoms with Crippen LogP contribution in [-0.4, -0.2) is 30.7 Å². The molecule has 10 heteroatoms. The molecule has 0 saturated carbocycles.